The molecule has 1 fully saturated rings. The molecular formula is C14H20N2O2. The lowest BCUT2D eigenvalue weighted by atomic mass is 10.0. The molecule has 1 amide bonds. The van der Waals surface area contributed by atoms with Crippen molar-refractivity contribution >= 4 is 5.91 Å². The summed E-state index contributed by atoms with van der Waals surface area (Å²) in [6, 6.07) is 3.90. The van der Waals surface area contributed by atoms with E-state index < -0.39 is 0 Å². The summed E-state index contributed by atoms with van der Waals surface area (Å²) in [5, 5.41) is 9.29. The van der Waals surface area contributed by atoms with Crippen molar-refractivity contribution in [3.8, 4) is 0 Å². The Bertz CT molecular complexity index is 381. The third kappa shape index (κ3) is 3.29. The highest BCUT2D eigenvalue weighted by Crippen LogP contribution is 2.18. The second-order valence-corrected chi connectivity index (χ2v) is 4.78. The van der Waals surface area contributed by atoms with E-state index in [2.05, 4.69) is 4.98 Å². The second-order valence-electron chi connectivity index (χ2n) is 4.78. The summed E-state index contributed by atoms with van der Waals surface area (Å²) in [7, 11) is 0. The first-order chi connectivity index (χ1) is 8.81. The molecule has 98 valence electrons. The lowest BCUT2D eigenvalue weighted by Gasteiger charge is -2.34. The molecule has 1 aliphatic rings. The minimum Gasteiger partial charge on any atom is -0.394 e. The van der Waals surface area contributed by atoms with Crippen molar-refractivity contribution in [2.75, 3.05) is 13.2 Å². The van der Waals surface area contributed by atoms with Gasteiger partial charge in [-0.3, -0.25) is 9.78 Å². The van der Waals surface area contributed by atoms with Gasteiger partial charge in [0, 0.05) is 25.4 Å². The van der Waals surface area contributed by atoms with E-state index in [4.69, 9.17) is 0 Å². The SMILES string of the molecule is O=C(CCc1cccnc1)N1CCCCC1CO. The molecule has 0 saturated carbocycles. The standard InChI is InChI=1S/C14H20N2O2/c17-11-13-5-1-2-9-16(13)14(18)7-6-12-4-3-8-15-10-12/h3-4,8,10,13,17H,1-2,5-7,9,11H2. The highest BCUT2D eigenvalue weighted by atomic mass is 16.3. The number of hydrogen-bond donors (Lipinski definition) is 1. The fourth-order valence-corrected chi connectivity index (χ4v) is 2.46. The van der Waals surface area contributed by atoms with Gasteiger partial charge >= 0.3 is 0 Å². The van der Waals surface area contributed by atoms with Crippen LogP contribution in [0.25, 0.3) is 0 Å². The fourth-order valence-electron chi connectivity index (χ4n) is 2.46. The largest absolute Gasteiger partial charge is 0.394 e. The number of pyridine rings is 1. The Morgan fingerprint density at radius 3 is 3.11 bits per heavy atom. The van der Waals surface area contributed by atoms with E-state index in [0.29, 0.717) is 6.42 Å². The Balaban J connectivity index is 1.87. The zero-order valence-electron chi connectivity index (χ0n) is 10.6. The summed E-state index contributed by atoms with van der Waals surface area (Å²) >= 11 is 0. The van der Waals surface area contributed by atoms with Crippen LogP contribution in [0, 0.1) is 0 Å². The minimum atomic E-state index is 0.0279. The van der Waals surface area contributed by atoms with Crippen molar-refractivity contribution in [2.24, 2.45) is 0 Å². The molecule has 0 radical (unpaired) electrons. The Hall–Kier alpha value is -1.42. The number of hydrogen-bond acceptors (Lipinski definition) is 3. The fraction of sp³-hybridized carbons (Fsp3) is 0.571. The first-order valence-corrected chi connectivity index (χ1v) is 6.60. The van der Waals surface area contributed by atoms with Crippen LogP contribution in [0.15, 0.2) is 24.5 Å². The summed E-state index contributed by atoms with van der Waals surface area (Å²) < 4.78 is 0. The molecule has 2 rings (SSSR count). The van der Waals surface area contributed by atoms with Crippen molar-refractivity contribution in [3.63, 3.8) is 0 Å². The highest BCUT2D eigenvalue weighted by Gasteiger charge is 2.25. The number of piperidine rings is 1. The Labute approximate surface area is 108 Å². The number of carbonyl (C=O) groups excluding carboxylic acids is 1. The van der Waals surface area contributed by atoms with Gasteiger partial charge in [-0.05, 0) is 37.3 Å². The van der Waals surface area contributed by atoms with E-state index in [-0.39, 0.29) is 18.6 Å². The molecule has 1 unspecified atom stereocenters. The smallest absolute Gasteiger partial charge is 0.223 e. The number of nitrogens with zero attached hydrogens (tertiary/aromatic N) is 2. The monoisotopic (exact) mass is 248 g/mol. The number of aryl methyl sites for hydroxylation is 1. The molecule has 0 spiro atoms. The van der Waals surface area contributed by atoms with Crippen LogP contribution in [0.5, 0.6) is 0 Å². The third-order valence-corrected chi connectivity index (χ3v) is 3.51. The summed E-state index contributed by atoms with van der Waals surface area (Å²) in [4.78, 5) is 18.0. The molecular weight excluding hydrogens is 228 g/mol. The van der Waals surface area contributed by atoms with Gasteiger partial charge in [-0.1, -0.05) is 6.07 Å². The van der Waals surface area contributed by atoms with Crippen molar-refractivity contribution in [1.29, 1.82) is 0 Å². The van der Waals surface area contributed by atoms with Crippen molar-refractivity contribution < 1.29 is 9.90 Å². The summed E-state index contributed by atoms with van der Waals surface area (Å²) in [5.41, 5.74) is 1.09. The molecule has 4 heteroatoms. The number of aromatic nitrogens is 1. The van der Waals surface area contributed by atoms with E-state index in [0.717, 1.165) is 37.8 Å². The van der Waals surface area contributed by atoms with Crippen LogP contribution in [0.1, 0.15) is 31.2 Å². The third-order valence-electron chi connectivity index (χ3n) is 3.51. The molecule has 1 N–H and O–H groups in total. The van der Waals surface area contributed by atoms with Gasteiger partial charge in [0.2, 0.25) is 5.91 Å². The summed E-state index contributed by atoms with van der Waals surface area (Å²) in [5.74, 6) is 0.151. The number of likely N-dealkylation sites (tertiary alicyclic amines) is 1. The van der Waals surface area contributed by atoms with Gasteiger partial charge in [0.05, 0.1) is 12.6 Å². The lowest BCUT2D eigenvalue weighted by Crippen LogP contribution is -2.45. The van der Waals surface area contributed by atoms with Crippen molar-refractivity contribution in [1.82, 2.24) is 9.88 Å². The van der Waals surface area contributed by atoms with Crippen LogP contribution in [-0.2, 0) is 11.2 Å². The summed E-state index contributed by atoms with van der Waals surface area (Å²) in [6.07, 6.45) is 7.84. The normalized spacial score (nSPS) is 19.8. The second kappa shape index (κ2) is 6.50. The number of aliphatic hydroxyl groups is 1. The predicted octanol–water partition coefficient (Wildman–Crippen LogP) is 1.39. The molecule has 0 bridgehead atoms. The van der Waals surface area contributed by atoms with Crippen LogP contribution < -0.4 is 0 Å². The van der Waals surface area contributed by atoms with Gasteiger partial charge < -0.3 is 10.0 Å². The Morgan fingerprint density at radius 1 is 1.50 bits per heavy atom. The van der Waals surface area contributed by atoms with Crippen LogP contribution in [-0.4, -0.2) is 40.1 Å². The van der Waals surface area contributed by atoms with Gasteiger partial charge in [0.25, 0.3) is 0 Å². The number of carbonyl (C=O) groups is 1. The maximum atomic E-state index is 12.1. The molecule has 18 heavy (non-hydrogen) atoms. The van der Waals surface area contributed by atoms with Gasteiger partial charge in [-0.2, -0.15) is 0 Å². The summed E-state index contributed by atoms with van der Waals surface area (Å²) in [6.45, 7) is 0.871. The van der Waals surface area contributed by atoms with E-state index in [1.165, 1.54) is 0 Å². The van der Waals surface area contributed by atoms with Crippen molar-refractivity contribution in [3.05, 3.63) is 30.1 Å². The van der Waals surface area contributed by atoms with Gasteiger partial charge in [-0.15, -0.1) is 0 Å². The molecule has 0 aromatic carbocycles. The molecule has 1 saturated heterocycles. The van der Waals surface area contributed by atoms with Gasteiger partial charge in [-0.25, -0.2) is 0 Å². The number of rotatable bonds is 4. The topological polar surface area (TPSA) is 53.4 Å². The maximum Gasteiger partial charge on any atom is 0.223 e. The van der Waals surface area contributed by atoms with E-state index in [1.54, 1.807) is 12.4 Å². The first kappa shape index (κ1) is 13.0. The quantitative estimate of drug-likeness (QED) is 0.876. The van der Waals surface area contributed by atoms with Gasteiger partial charge in [0.15, 0.2) is 0 Å². The van der Waals surface area contributed by atoms with Gasteiger partial charge in [0.1, 0.15) is 0 Å². The van der Waals surface area contributed by atoms with Crippen LogP contribution in [0.2, 0.25) is 0 Å². The Kier molecular flexibility index (Phi) is 4.70. The lowest BCUT2D eigenvalue weighted by molar-refractivity contribution is -0.135. The highest BCUT2D eigenvalue weighted by molar-refractivity contribution is 5.76. The molecule has 4 nitrogen and oxygen atoms in total. The average molecular weight is 248 g/mol. The molecule has 1 aromatic heterocycles. The van der Waals surface area contributed by atoms with Crippen LogP contribution >= 0.6 is 0 Å². The van der Waals surface area contributed by atoms with Crippen LogP contribution in [0.4, 0.5) is 0 Å². The predicted molar refractivity (Wildman–Crippen MR) is 69.0 cm³/mol. The van der Waals surface area contributed by atoms with E-state index in [1.807, 2.05) is 17.0 Å². The number of aliphatic hydroxyl groups excluding tert-OH is 1. The van der Waals surface area contributed by atoms with Crippen LogP contribution in [0.3, 0.4) is 0 Å². The molecule has 1 atom stereocenters. The molecule has 1 aliphatic heterocycles. The number of amides is 1. The van der Waals surface area contributed by atoms with Crippen molar-refractivity contribution in [2.45, 2.75) is 38.1 Å². The Morgan fingerprint density at radius 2 is 2.39 bits per heavy atom. The zero-order chi connectivity index (χ0) is 12.8. The average Bonchev–Trinajstić information content (AvgIpc) is 2.45. The zero-order valence-corrected chi connectivity index (χ0v) is 10.6. The first-order valence-electron chi connectivity index (χ1n) is 6.60. The molecule has 2 heterocycles. The molecule has 0 aliphatic carbocycles. The minimum absolute atomic E-state index is 0.0279. The molecule has 1 aromatic rings. The van der Waals surface area contributed by atoms with E-state index >= 15 is 0 Å². The maximum absolute atomic E-state index is 12.1. The van der Waals surface area contributed by atoms with E-state index in [9.17, 15) is 9.90 Å².